The molecule has 6 nitrogen and oxygen atoms in total. The minimum Gasteiger partial charge on any atom is -0.476 e. The van der Waals surface area contributed by atoms with Crippen LogP contribution in [0.4, 0.5) is 11.5 Å². The number of anilines is 2. The third-order valence-corrected chi connectivity index (χ3v) is 3.37. The number of amides is 1. The molecule has 1 heterocycles. The van der Waals surface area contributed by atoms with Crippen molar-refractivity contribution in [1.29, 1.82) is 0 Å². The van der Waals surface area contributed by atoms with Gasteiger partial charge in [-0.25, -0.2) is 0 Å². The van der Waals surface area contributed by atoms with Crippen molar-refractivity contribution < 1.29 is 9.53 Å². The molecule has 0 atom stereocenters. The second-order valence-electron chi connectivity index (χ2n) is 5.52. The van der Waals surface area contributed by atoms with Crippen molar-refractivity contribution in [2.24, 2.45) is 5.92 Å². The number of rotatable bonds is 8. The maximum Gasteiger partial charge on any atom is 0.239 e. The molecule has 0 bridgehead atoms. The van der Waals surface area contributed by atoms with Crippen molar-refractivity contribution >= 4 is 17.4 Å². The molecule has 1 aliphatic carbocycles. The molecule has 1 aromatic heterocycles. The number of likely N-dealkylation sites (N-methyl/N-ethyl adjacent to an activating group) is 1. The first-order chi connectivity index (χ1) is 10.1. The fourth-order valence-electron chi connectivity index (χ4n) is 1.87. The average Bonchev–Trinajstić information content (AvgIpc) is 3.28. The van der Waals surface area contributed by atoms with Gasteiger partial charge in [-0.2, -0.15) is 4.98 Å². The summed E-state index contributed by atoms with van der Waals surface area (Å²) in [7, 11) is 1.83. The van der Waals surface area contributed by atoms with Gasteiger partial charge < -0.3 is 20.7 Å². The summed E-state index contributed by atoms with van der Waals surface area (Å²) in [6.45, 7) is 3.65. The van der Waals surface area contributed by atoms with E-state index >= 15 is 0 Å². The van der Waals surface area contributed by atoms with Crippen LogP contribution in [0, 0.1) is 5.92 Å². The van der Waals surface area contributed by atoms with Crippen LogP contribution in [-0.4, -0.2) is 37.6 Å². The first-order valence-electron chi connectivity index (χ1n) is 7.47. The fraction of sp³-hybridized carbons (Fsp3) is 0.600. The predicted molar refractivity (Wildman–Crippen MR) is 83.4 cm³/mol. The van der Waals surface area contributed by atoms with Gasteiger partial charge in [0, 0.05) is 13.6 Å². The lowest BCUT2D eigenvalue weighted by Crippen LogP contribution is -2.35. The van der Waals surface area contributed by atoms with E-state index in [4.69, 9.17) is 10.5 Å². The molecule has 1 amide bonds. The Kier molecular flexibility index (Phi) is 5.25. The molecule has 1 fully saturated rings. The average molecular weight is 292 g/mol. The van der Waals surface area contributed by atoms with E-state index in [0.29, 0.717) is 36.5 Å². The molecule has 116 valence electrons. The van der Waals surface area contributed by atoms with E-state index in [1.807, 2.05) is 14.0 Å². The molecule has 1 saturated carbocycles. The Hall–Kier alpha value is -1.98. The summed E-state index contributed by atoms with van der Waals surface area (Å²) >= 11 is 0. The summed E-state index contributed by atoms with van der Waals surface area (Å²) in [5.41, 5.74) is 6.41. The molecule has 21 heavy (non-hydrogen) atoms. The first-order valence-corrected chi connectivity index (χ1v) is 7.47. The van der Waals surface area contributed by atoms with Gasteiger partial charge in [0.25, 0.3) is 0 Å². The van der Waals surface area contributed by atoms with E-state index in [0.717, 1.165) is 6.42 Å². The molecule has 6 heteroatoms. The minimum absolute atomic E-state index is 0.0153. The Labute approximate surface area is 125 Å². The van der Waals surface area contributed by atoms with Gasteiger partial charge in [0.05, 0.1) is 18.8 Å². The summed E-state index contributed by atoms with van der Waals surface area (Å²) in [6.07, 6.45) is 3.36. The number of nitrogens with two attached hydrogens (primary N) is 1. The highest BCUT2D eigenvalue weighted by atomic mass is 16.5. The van der Waals surface area contributed by atoms with Gasteiger partial charge in [0.2, 0.25) is 11.8 Å². The van der Waals surface area contributed by atoms with Crippen molar-refractivity contribution in [3.05, 3.63) is 12.1 Å². The van der Waals surface area contributed by atoms with E-state index < -0.39 is 0 Å². The van der Waals surface area contributed by atoms with E-state index in [-0.39, 0.29) is 12.5 Å². The fourth-order valence-corrected chi connectivity index (χ4v) is 1.87. The summed E-state index contributed by atoms with van der Waals surface area (Å²) in [5.74, 6) is 1.77. The topological polar surface area (TPSA) is 80.5 Å². The van der Waals surface area contributed by atoms with Crippen molar-refractivity contribution in [3.63, 3.8) is 0 Å². The standard InChI is InChI=1S/C15H24N4O2/c1-3-8-17-14(20)9-19(2)13-7-6-12(16)15(18-13)21-10-11-4-5-11/h6-7,11H,3-5,8-10,16H2,1-2H3,(H,17,20). The molecule has 0 saturated heterocycles. The smallest absolute Gasteiger partial charge is 0.239 e. The molecule has 0 radical (unpaired) electrons. The van der Waals surface area contributed by atoms with Crippen LogP contribution in [0.25, 0.3) is 0 Å². The van der Waals surface area contributed by atoms with Crippen molar-refractivity contribution in [2.45, 2.75) is 26.2 Å². The molecular formula is C15H24N4O2. The van der Waals surface area contributed by atoms with Crippen LogP contribution in [0.3, 0.4) is 0 Å². The Morgan fingerprint density at radius 3 is 2.95 bits per heavy atom. The van der Waals surface area contributed by atoms with Crippen molar-refractivity contribution in [1.82, 2.24) is 10.3 Å². The first kappa shape index (κ1) is 15.4. The third-order valence-electron chi connectivity index (χ3n) is 3.37. The van der Waals surface area contributed by atoms with Crippen molar-refractivity contribution in [2.75, 3.05) is 37.4 Å². The number of nitrogens with zero attached hydrogens (tertiary/aromatic N) is 2. The Balaban J connectivity index is 1.94. The van der Waals surface area contributed by atoms with E-state index in [1.54, 1.807) is 17.0 Å². The molecule has 1 aromatic rings. The van der Waals surface area contributed by atoms with Crippen LogP contribution in [0.1, 0.15) is 26.2 Å². The molecule has 1 aliphatic rings. The largest absolute Gasteiger partial charge is 0.476 e. The summed E-state index contributed by atoms with van der Waals surface area (Å²) in [5, 5.41) is 2.84. The molecule has 3 N–H and O–H groups in total. The van der Waals surface area contributed by atoms with E-state index in [1.165, 1.54) is 12.8 Å². The van der Waals surface area contributed by atoms with E-state index in [9.17, 15) is 4.79 Å². The number of pyridine rings is 1. The molecule has 2 rings (SSSR count). The quantitative estimate of drug-likeness (QED) is 0.757. The zero-order valence-corrected chi connectivity index (χ0v) is 12.8. The van der Waals surface area contributed by atoms with Gasteiger partial charge >= 0.3 is 0 Å². The highest BCUT2D eigenvalue weighted by Gasteiger charge is 2.22. The van der Waals surface area contributed by atoms with E-state index in [2.05, 4.69) is 10.3 Å². The lowest BCUT2D eigenvalue weighted by atomic mass is 10.3. The van der Waals surface area contributed by atoms with Gasteiger partial charge in [-0.15, -0.1) is 0 Å². The van der Waals surface area contributed by atoms with Gasteiger partial charge in [-0.05, 0) is 37.3 Å². The highest BCUT2D eigenvalue weighted by Crippen LogP contribution is 2.31. The number of hydrogen-bond donors (Lipinski definition) is 2. The van der Waals surface area contributed by atoms with Gasteiger partial charge in [-0.1, -0.05) is 6.92 Å². The Bertz CT molecular complexity index is 489. The summed E-state index contributed by atoms with van der Waals surface area (Å²) < 4.78 is 5.66. The maximum absolute atomic E-state index is 11.7. The second-order valence-corrected chi connectivity index (χ2v) is 5.52. The van der Waals surface area contributed by atoms with Gasteiger partial charge in [0.15, 0.2) is 0 Å². The maximum atomic E-state index is 11.7. The number of carbonyl (C=O) groups excluding carboxylic acids is 1. The number of nitrogen functional groups attached to an aromatic ring is 1. The lowest BCUT2D eigenvalue weighted by Gasteiger charge is -2.19. The Morgan fingerprint density at radius 1 is 1.52 bits per heavy atom. The normalized spacial score (nSPS) is 13.8. The molecule has 0 unspecified atom stereocenters. The van der Waals surface area contributed by atoms with Crippen LogP contribution in [0.5, 0.6) is 5.88 Å². The Morgan fingerprint density at radius 2 is 2.29 bits per heavy atom. The number of hydrogen-bond acceptors (Lipinski definition) is 5. The lowest BCUT2D eigenvalue weighted by molar-refractivity contribution is -0.119. The van der Waals surface area contributed by atoms with Crippen molar-refractivity contribution in [3.8, 4) is 5.88 Å². The van der Waals surface area contributed by atoms with Crippen LogP contribution < -0.4 is 20.7 Å². The zero-order chi connectivity index (χ0) is 15.2. The number of carbonyl (C=O) groups is 1. The van der Waals surface area contributed by atoms with Gasteiger partial charge in [0.1, 0.15) is 5.82 Å². The monoisotopic (exact) mass is 292 g/mol. The molecule has 0 aromatic carbocycles. The van der Waals surface area contributed by atoms with Gasteiger partial charge in [-0.3, -0.25) is 4.79 Å². The van der Waals surface area contributed by atoms with Crippen LogP contribution in [0.2, 0.25) is 0 Å². The van der Waals surface area contributed by atoms with Crippen LogP contribution in [0.15, 0.2) is 12.1 Å². The third kappa shape index (κ3) is 4.81. The zero-order valence-electron chi connectivity index (χ0n) is 12.8. The highest BCUT2D eigenvalue weighted by molar-refractivity contribution is 5.80. The SMILES string of the molecule is CCCNC(=O)CN(C)c1ccc(N)c(OCC2CC2)n1. The number of ether oxygens (including phenoxy) is 1. The predicted octanol–water partition coefficient (Wildman–Crippen LogP) is 1.41. The number of aromatic nitrogens is 1. The molecular weight excluding hydrogens is 268 g/mol. The summed E-state index contributed by atoms with van der Waals surface area (Å²) in [6, 6.07) is 3.57. The molecule has 0 spiro atoms. The summed E-state index contributed by atoms with van der Waals surface area (Å²) in [4.78, 5) is 17.9. The second kappa shape index (κ2) is 7.15. The minimum atomic E-state index is -0.0153. The molecule has 0 aliphatic heterocycles. The van der Waals surface area contributed by atoms with Crippen LogP contribution >= 0.6 is 0 Å². The van der Waals surface area contributed by atoms with Crippen LogP contribution in [-0.2, 0) is 4.79 Å². The number of nitrogens with one attached hydrogen (secondary N) is 1.